The molecule has 2 unspecified atom stereocenters. The van der Waals surface area contributed by atoms with Gasteiger partial charge in [0.15, 0.2) is 5.82 Å². The minimum absolute atomic E-state index is 0.277. The fourth-order valence-electron chi connectivity index (χ4n) is 3.10. The number of nitrogens with zero attached hydrogens (tertiary/aromatic N) is 2. The normalized spacial score (nSPS) is 27.2. The third-order valence-electron chi connectivity index (χ3n) is 4.64. The fraction of sp³-hybridized carbons (Fsp3) is 0.867. The topological polar surface area (TPSA) is 51.0 Å². The minimum atomic E-state index is 0.277. The van der Waals surface area contributed by atoms with Gasteiger partial charge in [-0.15, -0.1) is 0 Å². The highest BCUT2D eigenvalue weighted by molar-refractivity contribution is 5.02. The smallest absolute Gasteiger partial charge is 0.231 e. The summed E-state index contributed by atoms with van der Waals surface area (Å²) in [4.78, 5) is 4.66. The van der Waals surface area contributed by atoms with Crippen molar-refractivity contribution in [2.75, 3.05) is 7.05 Å². The highest BCUT2D eigenvalue weighted by Gasteiger charge is 2.26. The van der Waals surface area contributed by atoms with Crippen LogP contribution in [0.15, 0.2) is 4.52 Å². The molecule has 0 amide bonds. The van der Waals surface area contributed by atoms with Gasteiger partial charge in [0.2, 0.25) is 5.89 Å². The van der Waals surface area contributed by atoms with Gasteiger partial charge in [0, 0.05) is 12.0 Å². The summed E-state index contributed by atoms with van der Waals surface area (Å²) in [5.74, 6) is 3.36. The van der Waals surface area contributed by atoms with E-state index in [1.54, 1.807) is 0 Å². The summed E-state index contributed by atoms with van der Waals surface area (Å²) in [6.45, 7) is 6.67. The predicted octanol–water partition coefficient (Wildman–Crippen LogP) is 3.46. The molecule has 1 N–H and O–H groups in total. The first-order valence-electron chi connectivity index (χ1n) is 7.66. The van der Waals surface area contributed by atoms with E-state index in [0.29, 0.717) is 12.0 Å². The molecule has 0 bridgehead atoms. The van der Waals surface area contributed by atoms with E-state index < -0.39 is 0 Å². The van der Waals surface area contributed by atoms with Crippen LogP contribution in [0.25, 0.3) is 0 Å². The molecule has 4 nitrogen and oxygen atoms in total. The van der Waals surface area contributed by atoms with Crippen LogP contribution in [0.2, 0.25) is 0 Å². The third kappa shape index (κ3) is 3.35. The van der Waals surface area contributed by atoms with Gasteiger partial charge in [-0.05, 0) is 32.2 Å². The van der Waals surface area contributed by atoms with Crippen LogP contribution in [0.3, 0.4) is 0 Å². The van der Waals surface area contributed by atoms with Gasteiger partial charge in [-0.25, -0.2) is 0 Å². The van der Waals surface area contributed by atoms with Crippen LogP contribution in [-0.4, -0.2) is 23.2 Å². The molecule has 2 rings (SSSR count). The van der Waals surface area contributed by atoms with E-state index in [1.807, 2.05) is 7.05 Å². The van der Waals surface area contributed by atoms with Gasteiger partial charge in [0.25, 0.3) is 0 Å². The summed E-state index contributed by atoms with van der Waals surface area (Å²) in [5.41, 5.74) is 0. The molecular formula is C15H27N3O. The van der Waals surface area contributed by atoms with E-state index in [0.717, 1.165) is 24.1 Å². The van der Waals surface area contributed by atoms with E-state index >= 15 is 0 Å². The van der Waals surface area contributed by atoms with E-state index in [-0.39, 0.29) is 5.92 Å². The Balaban J connectivity index is 2.02. The van der Waals surface area contributed by atoms with Crippen molar-refractivity contribution >= 4 is 0 Å². The molecule has 1 fully saturated rings. The summed E-state index contributed by atoms with van der Waals surface area (Å²) in [6, 6.07) is 0.402. The third-order valence-corrected chi connectivity index (χ3v) is 4.64. The number of aromatic nitrogens is 2. The largest absolute Gasteiger partial charge is 0.339 e. The van der Waals surface area contributed by atoms with Crippen molar-refractivity contribution in [3.63, 3.8) is 0 Å². The van der Waals surface area contributed by atoms with Crippen molar-refractivity contribution < 1.29 is 4.52 Å². The van der Waals surface area contributed by atoms with Crippen molar-refractivity contribution in [1.82, 2.24) is 15.5 Å². The highest BCUT2D eigenvalue weighted by atomic mass is 16.5. The zero-order valence-electron chi connectivity index (χ0n) is 12.6. The van der Waals surface area contributed by atoms with Gasteiger partial charge in [-0.3, -0.25) is 0 Å². The lowest BCUT2D eigenvalue weighted by Crippen LogP contribution is -2.30. The Morgan fingerprint density at radius 2 is 2.00 bits per heavy atom. The molecule has 1 saturated carbocycles. The van der Waals surface area contributed by atoms with Crippen LogP contribution in [0.1, 0.15) is 76.4 Å². The first-order chi connectivity index (χ1) is 9.15. The molecule has 1 aromatic rings. The van der Waals surface area contributed by atoms with Gasteiger partial charge in [0.1, 0.15) is 0 Å². The molecule has 0 spiro atoms. The maximum absolute atomic E-state index is 5.49. The highest BCUT2D eigenvalue weighted by Crippen LogP contribution is 2.34. The molecule has 1 aliphatic carbocycles. The van der Waals surface area contributed by atoms with E-state index in [2.05, 4.69) is 36.2 Å². The number of rotatable bonds is 5. The summed E-state index contributed by atoms with van der Waals surface area (Å²) in [7, 11) is 1.99. The zero-order valence-corrected chi connectivity index (χ0v) is 12.6. The maximum Gasteiger partial charge on any atom is 0.231 e. The second kappa shape index (κ2) is 6.51. The molecule has 0 aliphatic heterocycles. The summed E-state index contributed by atoms with van der Waals surface area (Å²) in [6.07, 6.45) is 6.06. The lowest BCUT2D eigenvalue weighted by atomic mass is 9.83. The fourth-order valence-corrected chi connectivity index (χ4v) is 3.10. The summed E-state index contributed by atoms with van der Waals surface area (Å²) in [5, 5.41) is 7.54. The van der Waals surface area contributed by atoms with E-state index in [4.69, 9.17) is 4.52 Å². The first-order valence-corrected chi connectivity index (χ1v) is 7.66. The van der Waals surface area contributed by atoms with E-state index in [1.165, 1.54) is 25.7 Å². The molecule has 1 heterocycles. The number of hydrogen-bond acceptors (Lipinski definition) is 4. The monoisotopic (exact) mass is 265 g/mol. The van der Waals surface area contributed by atoms with Gasteiger partial charge >= 0.3 is 0 Å². The van der Waals surface area contributed by atoms with Gasteiger partial charge in [-0.1, -0.05) is 38.8 Å². The van der Waals surface area contributed by atoms with Crippen molar-refractivity contribution in [3.05, 3.63) is 11.7 Å². The Labute approximate surface area is 116 Å². The van der Waals surface area contributed by atoms with Crippen LogP contribution in [0.5, 0.6) is 0 Å². The second-order valence-corrected chi connectivity index (χ2v) is 6.04. The Bertz CT molecular complexity index is 378. The van der Waals surface area contributed by atoms with Crippen molar-refractivity contribution in [3.8, 4) is 0 Å². The van der Waals surface area contributed by atoms with Crippen molar-refractivity contribution in [2.45, 2.75) is 70.8 Å². The lowest BCUT2D eigenvalue weighted by Gasteiger charge is -2.23. The standard InChI is InChI=1S/C15H27N3O/c1-5-13(16-4)11(3)15-17-14(18-19-15)12-8-6-10(2)7-9-12/h10-13,16H,5-9H2,1-4H3. The number of likely N-dealkylation sites (N-methyl/N-ethyl adjacent to an activating group) is 1. The van der Waals surface area contributed by atoms with E-state index in [9.17, 15) is 0 Å². The van der Waals surface area contributed by atoms with Crippen molar-refractivity contribution in [2.24, 2.45) is 5.92 Å². The molecule has 4 heteroatoms. The number of hydrogen-bond donors (Lipinski definition) is 1. The number of nitrogens with one attached hydrogen (secondary N) is 1. The van der Waals surface area contributed by atoms with Crippen molar-refractivity contribution in [1.29, 1.82) is 0 Å². The average Bonchev–Trinajstić information content (AvgIpc) is 2.90. The van der Waals surface area contributed by atoms with Gasteiger partial charge in [0.05, 0.1) is 5.92 Å². The van der Waals surface area contributed by atoms with Crippen LogP contribution >= 0.6 is 0 Å². The molecule has 19 heavy (non-hydrogen) atoms. The predicted molar refractivity (Wildman–Crippen MR) is 76.2 cm³/mol. The Morgan fingerprint density at radius 1 is 1.32 bits per heavy atom. The molecule has 0 aromatic carbocycles. The second-order valence-electron chi connectivity index (χ2n) is 6.04. The lowest BCUT2D eigenvalue weighted by molar-refractivity contribution is 0.309. The van der Waals surface area contributed by atoms with Gasteiger partial charge < -0.3 is 9.84 Å². The van der Waals surface area contributed by atoms with Crippen LogP contribution in [0, 0.1) is 5.92 Å². The Hall–Kier alpha value is -0.900. The summed E-state index contributed by atoms with van der Waals surface area (Å²) < 4.78 is 5.49. The molecule has 1 aliphatic rings. The van der Waals surface area contributed by atoms with Crippen LogP contribution in [0.4, 0.5) is 0 Å². The first kappa shape index (κ1) is 14.5. The molecule has 1 aromatic heterocycles. The molecule has 2 atom stereocenters. The molecule has 0 saturated heterocycles. The minimum Gasteiger partial charge on any atom is -0.339 e. The molecule has 108 valence electrons. The summed E-state index contributed by atoms with van der Waals surface area (Å²) >= 11 is 0. The Kier molecular flexibility index (Phi) is 4.97. The average molecular weight is 265 g/mol. The molecular weight excluding hydrogens is 238 g/mol. The molecule has 0 radical (unpaired) electrons. The zero-order chi connectivity index (χ0) is 13.8. The van der Waals surface area contributed by atoms with Gasteiger partial charge in [-0.2, -0.15) is 4.98 Å². The maximum atomic E-state index is 5.49. The van der Waals surface area contributed by atoms with Crippen LogP contribution in [-0.2, 0) is 0 Å². The van der Waals surface area contributed by atoms with Crippen LogP contribution < -0.4 is 5.32 Å². The Morgan fingerprint density at radius 3 is 2.58 bits per heavy atom. The SMILES string of the molecule is CCC(NC)C(C)c1nc(C2CCC(C)CC2)no1. The quantitative estimate of drug-likeness (QED) is 0.885.